The zero-order valence-corrected chi connectivity index (χ0v) is 14.4. The van der Waals surface area contributed by atoms with Crippen LogP contribution in [0.4, 0.5) is 4.79 Å². The van der Waals surface area contributed by atoms with E-state index in [-0.39, 0.29) is 55.3 Å². The molecule has 22 heavy (non-hydrogen) atoms. The molecular weight excluding hydrogens is 308 g/mol. The molecule has 0 saturated carbocycles. The van der Waals surface area contributed by atoms with Crippen molar-refractivity contribution in [1.82, 2.24) is 15.1 Å². The summed E-state index contributed by atoms with van der Waals surface area (Å²) in [7, 11) is 1.59. The van der Waals surface area contributed by atoms with Crippen LogP contribution < -0.4 is 11.1 Å². The van der Waals surface area contributed by atoms with Gasteiger partial charge < -0.3 is 16.0 Å². The first-order chi connectivity index (χ1) is 9.89. The largest absolute Gasteiger partial charge is 0.349 e. The van der Waals surface area contributed by atoms with Gasteiger partial charge in [-0.15, -0.1) is 12.4 Å². The van der Waals surface area contributed by atoms with Crippen molar-refractivity contribution in [2.45, 2.75) is 45.1 Å². The molecule has 0 unspecified atom stereocenters. The Balaban J connectivity index is 0.00000441. The third-order valence-corrected chi connectivity index (χ3v) is 4.17. The molecule has 0 aromatic heterocycles. The Morgan fingerprint density at radius 1 is 1.32 bits per heavy atom. The number of nitrogens with two attached hydrogens (primary N) is 1. The molecule has 7 nitrogen and oxygen atoms in total. The van der Waals surface area contributed by atoms with E-state index in [1.807, 2.05) is 13.8 Å². The van der Waals surface area contributed by atoms with Gasteiger partial charge in [-0.2, -0.15) is 0 Å². The van der Waals surface area contributed by atoms with Crippen LogP contribution in [0, 0.1) is 0 Å². The van der Waals surface area contributed by atoms with Gasteiger partial charge in [0.05, 0.1) is 5.54 Å². The highest BCUT2D eigenvalue weighted by molar-refractivity contribution is 6.01. The number of urea groups is 1. The van der Waals surface area contributed by atoms with Crippen LogP contribution in [0.15, 0.2) is 0 Å². The van der Waals surface area contributed by atoms with Crippen LogP contribution >= 0.6 is 12.4 Å². The SMILES string of the molecule is CCC(CC)(CN)NC(=O)CCCN1C(=O)CN(C)C1=O.Cl. The zero-order valence-electron chi connectivity index (χ0n) is 13.6. The molecule has 1 fully saturated rings. The second kappa shape index (κ2) is 8.95. The number of likely N-dealkylation sites (N-methyl/N-ethyl adjacent to an activating group) is 1. The normalized spacial score (nSPS) is 15.1. The van der Waals surface area contributed by atoms with Crippen molar-refractivity contribution in [1.29, 1.82) is 0 Å². The molecule has 8 heteroatoms. The number of nitrogens with zero attached hydrogens (tertiary/aromatic N) is 2. The molecule has 0 aromatic rings. The minimum atomic E-state index is -0.351. The van der Waals surface area contributed by atoms with E-state index in [4.69, 9.17) is 5.73 Å². The standard InChI is InChI=1S/C14H26N4O3.ClH/c1-4-14(5-2,10-15)16-11(19)7-6-8-18-12(20)9-17(3)13(18)21;/h4-10,15H2,1-3H3,(H,16,19);1H. The number of halogens is 1. The first-order valence-electron chi connectivity index (χ1n) is 7.45. The fraction of sp³-hybridized carbons (Fsp3) is 0.786. The van der Waals surface area contributed by atoms with Crippen LogP contribution in [0.5, 0.6) is 0 Å². The van der Waals surface area contributed by atoms with Gasteiger partial charge in [-0.3, -0.25) is 14.5 Å². The molecule has 1 saturated heterocycles. The van der Waals surface area contributed by atoms with Crippen LogP contribution in [0.3, 0.4) is 0 Å². The molecule has 0 aliphatic carbocycles. The maximum atomic E-state index is 12.0. The second-order valence-electron chi connectivity index (χ2n) is 5.53. The van der Waals surface area contributed by atoms with E-state index in [2.05, 4.69) is 5.32 Å². The van der Waals surface area contributed by atoms with Crippen molar-refractivity contribution >= 4 is 30.3 Å². The van der Waals surface area contributed by atoms with Crippen LogP contribution in [0.25, 0.3) is 0 Å². The Morgan fingerprint density at radius 3 is 2.32 bits per heavy atom. The van der Waals surface area contributed by atoms with Crippen LogP contribution in [0.2, 0.25) is 0 Å². The Hall–Kier alpha value is -1.34. The molecule has 0 spiro atoms. The predicted octanol–water partition coefficient (Wildman–Crippen LogP) is 0.716. The summed E-state index contributed by atoms with van der Waals surface area (Å²) in [5.74, 6) is -0.294. The van der Waals surface area contributed by atoms with Gasteiger partial charge in [-0.1, -0.05) is 13.8 Å². The molecule has 0 bridgehead atoms. The van der Waals surface area contributed by atoms with Gasteiger partial charge >= 0.3 is 6.03 Å². The molecule has 0 aromatic carbocycles. The highest BCUT2D eigenvalue weighted by atomic mass is 35.5. The summed E-state index contributed by atoms with van der Waals surface area (Å²) in [6.07, 6.45) is 2.30. The maximum absolute atomic E-state index is 12.0. The minimum Gasteiger partial charge on any atom is -0.349 e. The topological polar surface area (TPSA) is 95.7 Å². The number of carbonyl (C=O) groups is 3. The summed E-state index contributed by atoms with van der Waals surface area (Å²) in [4.78, 5) is 37.8. The molecule has 0 radical (unpaired) electrons. The van der Waals surface area contributed by atoms with Crippen molar-refractivity contribution in [3.63, 3.8) is 0 Å². The lowest BCUT2D eigenvalue weighted by atomic mass is 9.92. The summed E-state index contributed by atoms with van der Waals surface area (Å²) >= 11 is 0. The fourth-order valence-corrected chi connectivity index (χ4v) is 2.41. The number of nitrogens with one attached hydrogen (secondary N) is 1. The van der Waals surface area contributed by atoms with Gasteiger partial charge in [0.15, 0.2) is 0 Å². The number of hydrogen-bond acceptors (Lipinski definition) is 4. The highest BCUT2D eigenvalue weighted by Crippen LogP contribution is 2.14. The van der Waals surface area contributed by atoms with Gasteiger partial charge in [-0.25, -0.2) is 4.79 Å². The molecule has 1 rings (SSSR count). The Labute approximate surface area is 138 Å². The van der Waals surface area contributed by atoms with Crippen LogP contribution in [-0.2, 0) is 9.59 Å². The average molecular weight is 335 g/mol. The van der Waals surface area contributed by atoms with Gasteiger partial charge in [0.2, 0.25) is 11.8 Å². The van der Waals surface area contributed by atoms with Gasteiger partial charge in [0.1, 0.15) is 6.54 Å². The molecule has 0 atom stereocenters. The van der Waals surface area contributed by atoms with E-state index in [9.17, 15) is 14.4 Å². The van der Waals surface area contributed by atoms with Crippen LogP contribution in [0.1, 0.15) is 39.5 Å². The molecule has 128 valence electrons. The first-order valence-corrected chi connectivity index (χ1v) is 7.45. The fourth-order valence-electron chi connectivity index (χ4n) is 2.41. The summed E-state index contributed by atoms with van der Waals surface area (Å²) in [5, 5.41) is 2.97. The minimum absolute atomic E-state index is 0. The maximum Gasteiger partial charge on any atom is 0.326 e. The molecule has 4 amide bonds. The third kappa shape index (κ3) is 4.84. The number of carbonyl (C=O) groups excluding carboxylic acids is 3. The van der Waals surface area contributed by atoms with Gasteiger partial charge in [0.25, 0.3) is 0 Å². The first kappa shape index (κ1) is 20.7. The number of imide groups is 1. The van der Waals surface area contributed by atoms with Crippen molar-refractivity contribution in [2.75, 3.05) is 26.7 Å². The molecule has 3 N–H and O–H groups in total. The second-order valence-corrected chi connectivity index (χ2v) is 5.53. The van der Waals surface area contributed by atoms with Crippen molar-refractivity contribution in [3.05, 3.63) is 0 Å². The quantitative estimate of drug-likeness (QED) is 0.639. The predicted molar refractivity (Wildman–Crippen MR) is 86.7 cm³/mol. The van der Waals surface area contributed by atoms with E-state index in [0.717, 1.165) is 12.8 Å². The van der Waals surface area contributed by atoms with Crippen molar-refractivity contribution in [3.8, 4) is 0 Å². The summed E-state index contributed by atoms with van der Waals surface area (Å²) in [5.41, 5.74) is 5.39. The lowest BCUT2D eigenvalue weighted by Crippen LogP contribution is -2.52. The third-order valence-electron chi connectivity index (χ3n) is 4.17. The summed E-state index contributed by atoms with van der Waals surface area (Å²) in [6.45, 7) is 4.79. The van der Waals surface area contributed by atoms with E-state index in [1.54, 1.807) is 7.05 Å². The summed E-state index contributed by atoms with van der Waals surface area (Å²) < 4.78 is 0. The van der Waals surface area contributed by atoms with E-state index in [0.29, 0.717) is 13.0 Å². The van der Waals surface area contributed by atoms with E-state index in [1.165, 1.54) is 9.80 Å². The smallest absolute Gasteiger partial charge is 0.326 e. The lowest BCUT2D eigenvalue weighted by molar-refractivity contribution is -0.126. The van der Waals surface area contributed by atoms with Gasteiger partial charge in [0, 0.05) is 26.6 Å². The molecular formula is C14H27ClN4O3. The number of rotatable bonds is 8. The van der Waals surface area contributed by atoms with Crippen molar-refractivity contribution < 1.29 is 14.4 Å². The van der Waals surface area contributed by atoms with Crippen molar-refractivity contribution in [2.24, 2.45) is 5.73 Å². The average Bonchev–Trinajstić information content (AvgIpc) is 2.71. The number of hydrogen-bond donors (Lipinski definition) is 2. The lowest BCUT2D eigenvalue weighted by Gasteiger charge is -2.31. The highest BCUT2D eigenvalue weighted by Gasteiger charge is 2.33. The van der Waals surface area contributed by atoms with Gasteiger partial charge in [-0.05, 0) is 19.3 Å². The Kier molecular flexibility index (Phi) is 8.40. The van der Waals surface area contributed by atoms with E-state index >= 15 is 0 Å². The number of amides is 4. The zero-order chi connectivity index (χ0) is 16.0. The summed E-state index contributed by atoms with van der Waals surface area (Å²) in [6, 6.07) is -0.293. The Morgan fingerprint density at radius 2 is 1.91 bits per heavy atom. The van der Waals surface area contributed by atoms with E-state index < -0.39 is 0 Å². The molecule has 1 aliphatic rings. The molecule has 1 heterocycles. The monoisotopic (exact) mass is 334 g/mol. The molecule has 1 aliphatic heterocycles. The Bertz CT molecular complexity index is 405. The van der Waals surface area contributed by atoms with Crippen LogP contribution in [-0.4, -0.2) is 59.9 Å².